The van der Waals surface area contributed by atoms with Gasteiger partial charge in [0.1, 0.15) is 10.3 Å². The van der Waals surface area contributed by atoms with Gasteiger partial charge in [-0.25, -0.2) is 4.98 Å². The number of benzene rings is 1. The van der Waals surface area contributed by atoms with Crippen LogP contribution in [0, 0.1) is 36.7 Å². The molecule has 0 atom stereocenters. The van der Waals surface area contributed by atoms with Crippen molar-refractivity contribution in [1.82, 2.24) is 9.97 Å². The number of hydrogen-bond acceptors (Lipinski definition) is 3. The van der Waals surface area contributed by atoms with Crippen molar-refractivity contribution in [2.75, 3.05) is 0 Å². The summed E-state index contributed by atoms with van der Waals surface area (Å²) in [6, 6.07) is 7.87. The molecule has 1 N–H and O–H groups in total. The molecule has 0 aliphatic heterocycles. The Morgan fingerprint density at radius 2 is 2.00 bits per heavy atom. The van der Waals surface area contributed by atoms with Crippen LogP contribution in [0.2, 0.25) is 0 Å². The summed E-state index contributed by atoms with van der Waals surface area (Å²) in [5, 5.41) is 9.05. The maximum Gasteiger partial charge on any atom is 0.130 e. The average molecular weight is 255 g/mol. The van der Waals surface area contributed by atoms with E-state index >= 15 is 0 Å². The van der Waals surface area contributed by atoms with Crippen molar-refractivity contribution in [2.24, 2.45) is 0 Å². The van der Waals surface area contributed by atoms with E-state index in [1.54, 1.807) is 0 Å². The first kappa shape index (κ1) is 12.5. The van der Waals surface area contributed by atoms with Crippen LogP contribution in [-0.4, -0.2) is 9.97 Å². The predicted molar refractivity (Wildman–Crippen MR) is 73.8 cm³/mol. The highest BCUT2D eigenvalue weighted by atomic mass is 32.1. The molecule has 0 saturated heterocycles. The van der Waals surface area contributed by atoms with Crippen LogP contribution in [-0.2, 0) is 0 Å². The zero-order chi connectivity index (χ0) is 13.3. The van der Waals surface area contributed by atoms with Crippen molar-refractivity contribution in [3.05, 3.63) is 45.4 Å². The van der Waals surface area contributed by atoms with Gasteiger partial charge in [0.15, 0.2) is 0 Å². The largest absolute Gasteiger partial charge is 0.347 e. The Bertz CT molecular complexity index is 708. The van der Waals surface area contributed by atoms with Crippen LogP contribution >= 0.6 is 12.2 Å². The minimum absolute atomic E-state index is 0.603. The fourth-order valence-corrected chi connectivity index (χ4v) is 2.02. The maximum absolute atomic E-state index is 9.05. The lowest BCUT2D eigenvalue weighted by Crippen LogP contribution is -1.96. The number of aromatic amines is 1. The lowest BCUT2D eigenvalue weighted by atomic mass is 10.0. The molecular weight excluding hydrogens is 242 g/mol. The molecule has 0 radical (unpaired) electrons. The smallest absolute Gasteiger partial charge is 0.130 e. The van der Waals surface area contributed by atoms with Crippen LogP contribution in [0.1, 0.15) is 22.5 Å². The van der Waals surface area contributed by atoms with E-state index < -0.39 is 0 Å². The zero-order valence-corrected chi connectivity index (χ0v) is 11.4. The van der Waals surface area contributed by atoms with E-state index in [-0.39, 0.29) is 0 Å². The van der Waals surface area contributed by atoms with E-state index in [9.17, 15) is 0 Å². The number of aromatic nitrogens is 2. The van der Waals surface area contributed by atoms with Gasteiger partial charge in [0.2, 0.25) is 0 Å². The first-order chi connectivity index (χ1) is 8.52. The van der Waals surface area contributed by atoms with Crippen LogP contribution in [0.15, 0.2) is 18.2 Å². The van der Waals surface area contributed by atoms with Gasteiger partial charge in [-0.15, -0.1) is 0 Å². The molecule has 0 spiro atoms. The summed E-state index contributed by atoms with van der Waals surface area (Å²) in [6.45, 7) is 5.79. The SMILES string of the molecule is Cc1ccc(-c2nc(C)c(C)[nH]c2=S)cc1C#N. The second kappa shape index (κ2) is 4.71. The van der Waals surface area contributed by atoms with Crippen molar-refractivity contribution in [2.45, 2.75) is 20.8 Å². The Hall–Kier alpha value is -1.99. The molecule has 0 aliphatic rings. The third-order valence-corrected chi connectivity index (χ3v) is 3.27. The molecule has 0 unspecified atom stereocenters. The molecule has 0 amide bonds. The summed E-state index contributed by atoms with van der Waals surface area (Å²) in [5.41, 5.74) is 5.10. The molecule has 90 valence electrons. The van der Waals surface area contributed by atoms with Crippen molar-refractivity contribution in [3.63, 3.8) is 0 Å². The number of nitrogens with zero attached hydrogens (tertiary/aromatic N) is 2. The van der Waals surface area contributed by atoms with Gasteiger partial charge in [-0.3, -0.25) is 0 Å². The summed E-state index contributed by atoms with van der Waals surface area (Å²) < 4.78 is 0.603. The highest BCUT2D eigenvalue weighted by Gasteiger charge is 2.07. The Labute approximate surface area is 111 Å². The molecule has 0 bridgehead atoms. The lowest BCUT2D eigenvalue weighted by Gasteiger charge is -2.07. The third-order valence-electron chi connectivity index (χ3n) is 2.97. The maximum atomic E-state index is 9.05. The molecule has 18 heavy (non-hydrogen) atoms. The molecule has 1 aromatic heterocycles. The van der Waals surface area contributed by atoms with Crippen LogP contribution in [0.3, 0.4) is 0 Å². The Morgan fingerprint density at radius 1 is 1.28 bits per heavy atom. The van der Waals surface area contributed by atoms with Crippen LogP contribution in [0.25, 0.3) is 11.3 Å². The molecule has 1 heterocycles. The third kappa shape index (κ3) is 2.18. The van der Waals surface area contributed by atoms with Gasteiger partial charge in [0.05, 0.1) is 17.3 Å². The summed E-state index contributed by atoms with van der Waals surface area (Å²) in [4.78, 5) is 7.63. The summed E-state index contributed by atoms with van der Waals surface area (Å²) in [6.07, 6.45) is 0. The van der Waals surface area contributed by atoms with Gasteiger partial charge in [-0.1, -0.05) is 24.4 Å². The van der Waals surface area contributed by atoms with Crippen LogP contribution < -0.4 is 0 Å². The van der Waals surface area contributed by atoms with E-state index in [0.717, 1.165) is 28.2 Å². The fourth-order valence-electron chi connectivity index (χ4n) is 1.71. The van der Waals surface area contributed by atoms with Gasteiger partial charge < -0.3 is 4.98 Å². The average Bonchev–Trinajstić information content (AvgIpc) is 2.35. The van der Waals surface area contributed by atoms with Crippen molar-refractivity contribution < 1.29 is 0 Å². The van der Waals surface area contributed by atoms with Gasteiger partial charge in [-0.05, 0) is 32.4 Å². The van der Waals surface area contributed by atoms with Gasteiger partial charge >= 0.3 is 0 Å². The number of rotatable bonds is 1. The molecule has 0 saturated carbocycles. The highest BCUT2D eigenvalue weighted by Crippen LogP contribution is 2.21. The number of aryl methyl sites for hydroxylation is 3. The molecule has 0 fully saturated rings. The fraction of sp³-hybridized carbons (Fsp3) is 0.214. The van der Waals surface area contributed by atoms with E-state index in [1.165, 1.54) is 0 Å². The number of H-pyrrole nitrogens is 1. The molecule has 1 aromatic carbocycles. The molecule has 0 aliphatic carbocycles. The zero-order valence-electron chi connectivity index (χ0n) is 10.5. The molecule has 2 rings (SSSR count). The van der Waals surface area contributed by atoms with Gasteiger partial charge in [-0.2, -0.15) is 5.26 Å². The summed E-state index contributed by atoms with van der Waals surface area (Å²) in [7, 11) is 0. The van der Waals surface area contributed by atoms with E-state index in [2.05, 4.69) is 16.0 Å². The number of hydrogen-bond donors (Lipinski definition) is 1. The first-order valence-electron chi connectivity index (χ1n) is 5.61. The standard InChI is InChI=1S/C14H13N3S/c1-8-4-5-11(6-12(8)7-15)13-14(18)17-10(3)9(2)16-13/h4-6H,1-3H3,(H,17,18). The van der Waals surface area contributed by atoms with E-state index in [4.69, 9.17) is 17.5 Å². The molecular formula is C14H13N3S. The normalized spacial score (nSPS) is 10.1. The van der Waals surface area contributed by atoms with Gasteiger partial charge in [0.25, 0.3) is 0 Å². The Morgan fingerprint density at radius 3 is 2.67 bits per heavy atom. The minimum atomic E-state index is 0.603. The second-order valence-corrected chi connectivity index (χ2v) is 4.67. The summed E-state index contributed by atoms with van der Waals surface area (Å²) in [5.74, 6) is 0. The molecule has 4 heteroatoms. The summed E-state index contributed by atoms with van der Waals surface area (Å²) >= 11 is 5.29. The van der Waals surface area contributed by atoms with E-state index in [1.807, 2.05) is 39.0 Å². The Kier molecular flexibility index (Phi) is 3.26. The monoisotopic (exact) mass is 255 g/mol. The van der Waals surface area contributed by atoms with Crippen molar-refractivity contribution >= 4 is 12.2 Å². The van der Waals surface area contributed by atoms with Crippen LogP contribution in [0.4, 0.5) is 0 Å². The predicted octanol–water partition coefficient (Wildman–Crippen LogP) is 3.60. The molecule has 3 nitrogen and oxygen atoms in total. The topological polar surface area (TPSA) is 52.5 Å². The van der Waals surface area contributed by atoms with Crippen molar-refractivity contribution in [3.8, 4) is 17.3 Å². The first-order valence-corrected chi connectivity index (χ1v) is 6.02. The quantitative estimate of drug-likeness (QED) is 0.792. The van der Waals surface area contributed by atoms with E-state index in [0.29, 0.717) is 10.2 Å². The van der Waals surface area contributed by atoms with Gasteiger partial charge in [0, 0.05) is 11.3 Å². The van der Waals surface area contributed by atoms with Crippen LogP contribution in [0.5, 0.6) is 0 Å². The Balaban J connectivity index is 2.67. The van der Waals surface area contributed by atoms with Crippen molar-refractivity contribution in [1.29, 1.82) is 5.26 Å². The molecule has 2 aromatic rings. The number of nitrogens with one attached hydrogen (secondary N) is 1. The second-order valence-electron chi connectivity index (χ2n) is 4.27. The minimum Gasteiger partial charge on any atom is -0.347 e. The lowest BCUT2D eigenvalue weighted by molar-refractivity contribution is 1.04. The number of nitriles is 1. The highest BCUT2D eigenvalue weighted by molar-refractivity contribution is 7.71.